The number of aromatic nitrogens is 4. The molecule has 0 bridgehead atoms. The highest BCUT2D eigenvalue weighted by Gasteiger charge is 2.36. The molecule has 0 saturated carbocycles. The van der Waals surface area contributed by atoms with Crippen LogP contribution in [0.4, 0.5) is 10.5 Å². The summed E-state index contributed by atoms with van der Waals surface area (Å²) in [6, 6.07) is 7.56. The molecule has 0 radical (unpaired) electrons. The first kappa shape index (κ1) is 21.2. The molecule has 0 spiro atoms. The van der Waals surface area contributed by atoms with Crippen LogP contribution in [0.1, 0.15) is 18.4 Å². The van der Waals surface area contributed by atoms with Crippen LogP contribution < -0.4 is 16.0 Å². The molecule has 4 aromatic heterocycles. The predicted molar refractivity (Wildman–Crippen MR) is 133 cm³/mol. The topological polar surface area (TPSA) is 133 Å². The molecule has 3 amide bonds. The third kappa shape index (κ3) is 3.68. The highest BCUT2D eigenvalue weighted by atomic mass is 16.2. The number of piperidine rings is 1. The summed E-state index contributed by atoms with van der Waals surface area (Å²) < 4.78 is 0. The van der Waals surface area contributed by atoms with Crippen molar-refractivity contribution in [3.8, 4) is 11.3 Å². The van der Waals surface area contributed by atoms with Crippen LogP contribution in [-0.4, -0.2) is 62.5 Å². The van der Waals surface area contributed by atoms with E-state index in [9.17, 15) is 9.59 Å². The van der Waals surface area contributed by atoms with Crippen molar-refractivity contribution < 1.29 is 9.59 Å². The van der Waals surface area contributed by atoms with Gasteiger partial charge in [0.25, 0.3) is 0 Å². The average molecular weight is 469 g/mol. The molecule has 35 heavy (non-hydrogen) atoms. The summed E-state index contributed by atoms with van der Waals surface area (Å²) in [5.74, 6) is -0.345. The number of aromatic amines is 1. The number of primary amides is 1. The molecule has 2 aliphatic rings. The molecule has 2 aliphatic heterocycles. The molecule has 176 valence electrons. The Labute approximate surface area is 200 Å². The second kappa shape index (κ2) is 8.17. The Morgan fingerprint density at radius 2 is 2.00 bits per heavy atom. The summed E-state index contributed by atoms with van der Waals surface area (Å²) >= 11 is 0. The van der Waals surface area contributed by atoms with Gasteiger partial charge in [0.15, 0.2) is 0 Å². The van der Waals surface area contributed by atoms with Gasteiger partial charge in [0.1, 0.15) is 11.2 Å². The van der Waals surface area contributed by atoms with Gasteiger partial charge in [-0.05, 0) is 37.1 Å². The van der Waals surface area contributed by atoms with E-state index in [2.05, 4.69) is 26.8 Å². The zero-order valence-electron chi connectivity index (χ0n) is 19.0. The number of anilines is 1. The van der Waals surface area contributed by atoms with Crippen LogP contribution >= 0.6 is 0 Å². The Balaban J connectivity index is 1.44. The highest BCUT2D eigenvalue weighted by Crippen LogP contribution is 2.38. The Hall–Kier alpha value is -4.31. The van der Waals surface area contributed by atoms with Crippen molar-refractivity contribution in [1.82, 2.24) is 30.2 Å². The minimum atomic E-state index is -0.345. The zero-order valence-corrected chi connectivity index (χ0v) is 19.0. The molecule has 1 fully saturated rings. The third-order valence-corrected chi connectivity index (χ3v) is 6.73. The molecule has 4 N–H and O–H groups in total. The lowest BCUT2D eigenvalue weighted by atomic mass is 9.99. The highest BCUT2D eigenvalue weighted by molar-refractivity contribution is 6.11. The molecule has 0 unspecified atom stereocenters. The molecular formula is C25H24N8O2. The molecule has 6 heterocycles. The number of hydrogen-bond acceptors (Lipinski definition) is 6. The quantitative estimate of drug-likeness (QED) is 0.422. The first-order valence-corrected chi connectivity index (χ1v) is 11.5. The van der Waals surface area contributed by atoms with Gasteiger partial charge in [-0.15, -0.1) is 0 Å². The number of fused-ring (bicyclic) bond motifs is 4. The smallest absolute Gasteiger partial charge is 0.326 e. The monoisotopic (exact) mass is 468 g/mol. The lowest BCUT2D eigenvalue weighted by Gasteiger charge is -2.41. The summed E-state index contributed by atoms with van der Waals surface area (Å²) in [6.07, 6.45) is 6.80. The number of carbonyl (C=O) groups excluding carboxylic acids is 2. The second-order valence-electron chi connectivity index (χ2n) is 8.98. The maximum absolute atomic E-state index is 13.2. The van der Waals surface area contributed by atoms with E-state index in [-0.39, 0.29) is 24.5 Å². The largest absolute Gasteiger partial charge is 0.369 e. The minimum Gasteiger partial charge on any atom is -0.369 e. The van der Waals surface area contributed by atoms with Crippen LogP contribution in [0, 0.1) is 0 Å². The standard InChI is InChI=1S/C25H24N8O2/c1-14-18-12-28-20-3-2-19(16-10-15-4-7-27-24(15)29-11-16)31-22(20)23(18)33(25(35)30-14)17-5-8-32(9-6-17)13-21(26)34/h2-4,7,10-12,17H,1,5-6,8-9,13H2,(H2,26,34)(H,27,29)(H,30,35). The van der Waals surface area contributed by atoms with Crippen molar-refractivity contribution in [2.75, 3.05) is 24.5 Å². The third-order valence-electron chi connectivity index (χ3n) is 6.73. The number of amides is 3. The van der Waals surface area contributed by atoms with E-state index in [0.717, 1.165) is 33.5 Å². The minimum absolute atomic E-state index is 0.0556. The van der Waals surface area contributed by atoms with E-state index < -0.39 is 0 Å². The Bertz CT molecular complexity index is 1500. The normalized spacial score (nSPS) is 17.1. The van der Waals surface area contributed by atoms with Gasteiger partial charge >= 0.3 is 6.03 Å². The van der Waals surface area contributed by atoms with E-state index in [1.54, 1.807) is 17.3 Å². The van der Waals surface area contributed by atoms with Gasteiger partial charge in [-0.2, -0.15) is 0 Å². The molecule has 0 atom stereocenters. The fraction of sp³-hybridized carbons (Fsp3) is 0.240. The molecule has 0 aliphatic carbocycles. The van der Waals surface area contributed by atoms with E-state index in [1.165, 1.54) is 0 Å². The molecule has 4 aromatic rings. The fourth-order valence-corrected chi connectivity index (χ4v) is 5.02. The van der Waals surface area contributed by atoms with Gasteiger partial charge in [-0.3, -0.25) is 19.6 Å². The van der Waals surface area contributed by atoms with Crippen molar-refractivity contribution in [3.05, 3.63) is 55.0 Å². The van der Waals surface area contributed by atoms with Crippen LogP contribution in [0.3, 0.4) is 0 Å². The van der Waals surface area contributed by atoms with Crippen molar-refractivity contribution >= 4 is 45.4 Å². The maximum atomic E-state index is 13.2. The number of nitrogens with zero attached hydrogens (tertiary/aromatic N) is 5. The molecule has 10 heteroatoms. The van der Waals surface area contributed by atoms with Gasteiger partial charge in [0.05, 0.1) is 23.4 Å². The summed E-state index contributed by atoms with van der Waals surface area (Å²) in [5, 5.41) is 3.87. The first-order valence-electron chi connectivity index (χ1n) is 11.5. The Morgan fingerprint density at radius 1 is 1.17 bits per heavy atom. The number of carbonyl (C=O) groups is 2. The van der Waals surface area contributed by atoms with Crippen molar-refractivity contribution in [3.63, 3.8) is 0 Å². The van der Waals surface area contributed by atoms with Crippen LogP contribution in [0.2, 0.25) is 0 Å². The average Bonchev–Trinajstić information content (AvgIpc) is 3.32. The number of H-pyrrole nitrogens is 1. The first-order chi connectivity index (χ1) is 17.0. The summed E-state index contributed by atoms with van der Waals surface area (Å²) in [6.45, 7) is 5.63. The SMILES string of the molecule is C=C1NC(=O)N(C2CCN(CC(N)=O)CC2)c2c1cnc1ccc(-c3cnc4[nH]ccc4c3)nc21. The van der Waals surface area contributed by atoms with Crippen molar-refractivity contribution in [2.24, 2.45) is 5.73 Å². The lowest BCUT2D eigenvalue weighted by Crippen LogP contribution is -2.53. The predicted octanol–water partition coefficient (Wildman–Crippen LogP) is 2.62. The van der Waals surface area contributed by atoms with E-state index in [0.29, 0.717) is 42.7 Å². The van der Waals surface area contributed by atoms with Crippen LogP contribution in [0.15, 0.2) is 49.4 Å². The number of pyridine rings is 3. The van der Waals surface area contributed by atoms with E-state index >= 15 is 0 Å². The van der Waals surface area contributed by atoms with Crippen LogP contribution in [0.25, 0.3) is 39.0 Å². The number of likely N-dealkylation sites (tertiary alicyclic amines) is 1. The summed E-state index contributed by atoms with van der Waals surface area (Å²) in [7, 11) is 0. The van der Waals surface area contributed by atoms with Crippen LogP contribution in [-0.2, 0) is 4.79 Å². The molecule has 6 rings (SSSR count). The summed E-state index contributed by atoms with van der Waals surface area (Å²) in [5.41, 5.74) is 11.1. The van der Waals surface area contributed by atoms with Crippen LogP contribution in [0.5, 0.6) is 0 Å². The number of urea groups is 1. The van der Waals surface area contributed by atoms with Gasteiger partial charge < -0.3 is 16.0 Å². The van der Waals surface area contributed by atoms with Crippen molar-refractivity contribution in [2.45, 2.75) is 18.9 Å². The molecule has 10 nitrogen and oxygen atoms in total. The van der Waals surface area contributed by atoms with Gasteiger partial charge in [-0.1, -0.05) is 6.58 Å². The van der Waals surface area contributed by atoms with Gasteiger partial charge in [0, 0.05) is 59.9 Å². The number of nitrogens with one attached hydrogen (secondary N) is 2. The number of nitrogens with two attached hydrogens (primary N) is 1. The maximum Gasteiger partial charge on any atom is 0.326 e. The second-order valence-corrected chi connectivity index (χ2v) is 8.98. The Morgan fingerprint density at radius 3 is 2.80 bits per heavy atom. The molecule has 0 aromatic carbocycles. The zero-order chi connectivity index (χ0) is 24.1. The van der Waals surface area contributed by atoms with Gasteiger partial charge in [0.2, 0.25) is 5.91 Å². The van der Waals surface area contributed by atoms with E-state index in [4.69, 9.17) is 10.7 Å². The van der Waals surface area contributed by atoms with Gasteiger partial charge in [-0.25, -0.2) is 14.8 Å². The van der Waals surface area contributed by atoms with E-state index in [1.807, 2.05) is 35.4 Å². The Kier molecular flexibility index (Phi) is 4.96. The number of rotatable bonds is 4. The fourth-order valence-electron chi connectivity index (χ4n) is 5.02. The number of hydrogen-bond donors (Lipinski definition) is 3. The van der Waals surface area contributed by atoms with Crippen molar-refractivity contribution in [1.29, 1.82) is 0 Å². The molecular weight excluding hydrogens is 444 g/mol. The lowest BCUT2D eigenvalue weighted by molar-refractivity contribution is -0.119. The molecule has 1 saturated heterocycles. The summed E-state index contributed by atoms with van der Waals surface area (Å²) in [4.78, 5) is 45.5.